The fourth-order valence-corrected chi connectivity index (χ4v) is 2.31. The standard InChI is InChI=1S/C13H15BrN4O2/c1-4-10-15-12(18-17-10)13(19)16-11-7(2)5-8(14)6-9(11)20-3/h5-6H,4H2,1-3H3,(H,16,19)(H,15,17,18). The summed E-state index contributed by atoms with van der Waals surface area (Å²) in [5.41, 5.74) is 1.50. The number of carbonyl (C=O) groups is 1. The molecule has 0 spiro atoms. The average Bonchev–Trinajstić information content (AvgIpc) is 2.90. The molecule has 2 rings (SSSR count). The summed E-state index contributed by atoms with van der Waals surface area (Å²) in [7, 11) is 1.55. The highest BCUT2D eigenvalue weighted by Crippen LogP contribution is 2.32. The van der Waals surface area contributed by atoms with E-state index in [1.807, 2.05) is 19.9 Å². The maximum absolute atomic E-state index is 12.1. The average molecular weight is 339 g/mol. The van der Waals surface area contributed by atoms with E-state index in [2.05, 4.69) is 36.4 Å². The van der Waals surface area contributed by atoms with Crippen LogP contribution in [0.1, 0.15) is 28.9 Å². The van der Waals surface area contributed by atoms with E-state index >= 15 is 0 Å². The molecule has 0 bridgehead atoms. The van der Waals surface area contributed by atoms with Crippen LogP contribution in [0.2, 0.25) is 0 Å². The molecule has 20 heavy (non-hydrogen) atoms. The second-order valence-electron chi connectivity index (χ2n) is 4.21. The lowest BCUT2D eigenvalue weighted by Gasteiger charge is -2.12. The fourth-order valence-electron chi connectivity index (χ4n) is 1.76. The third-order valence-electron chi connectivity index (χ3n) is 2.79. The van der Waals surface area contributed by atoms with Crippen molar-refractivity contribution < 1.29 is 9.53 Å². The predicted molar refractivity (Wildman–Crippen MR) is 79.1 cm³/mol. The first-order chi connectivity index (χ1) is 9.55. The van der Waals surface area contributed by atoms with Crippen molar-refractivity contribution in [2.75, 3.05) is 12.4 Å². The molecule has 1 aromatic heterocycles. The second kappa shape index (κ2) is 6.04. The number of hydrogen-bond acceptors (Lipinski definition) is 4. The number of rotatable bonds is 4. The largest absolute Gasteiger partial charge is 0.495 e. The van der Waals surface area contributed by atoms with Gasteiger partial charge in [0.1, 0.15) is 11.6 Å². The van der Waals surface area contributed by atoms with E-state index in [9.17, 15) is 4.79 Å². The Bertz CT molecular complexity index is 639. The molecule has 0 saturated carbocycles. The van der Waals surface area contributed by atoms with Crippen LogP contribution in [0.25, 0.3) is 0 Å². The summed E-state index contributed by atoms with van der Waals surface area (Å²) in [4.78, 5) is 16.2. The maximum atomic E-state index is 12.1. The number of H-pyrrole nitrogens is 1. The van der Waals surface area contributed by atoms with E-state index < -0.39 is 0 Å². The molecule has 6 nitrogen and oxygen atoms in total. The smallest absolute Gasteiger partial charge is 0.295 e. The monoisotopic (exact) mass is 338 g/mol. The number of nitrogens with one attached hydrogen (secondary N) is 2. The van der Waals surface area contributed by atoms with Crippen LogP contribution in [0.5, 0.6) is 5.75 Å². The zero-order valence-electron chi connectivity index (χ0n) is 11.5. The van der Waals surface area contributed by atoms with Gasteiger partial charge in [-0.1, -0.05) is 22.9 Å². The van der Waals surface area contributed by atoms with Crippen LogP contribution in [0.15, 0.2) is 16.6 Å². The van der Waals surface area contributed by atoms with Crippen LogP contribution < -0.4 is 10.1 Å². The highest BCUT2D eigenvalue weighted by molar-refractivity contribution is 9.10. The molecule has 0 radical (unpaired) electrons. The molecular weight excluding hydrogens is 324 g/mol. The van der Waals surface area contributed by atoms with Gasteiger partial charge in [-0.15, -0.1) is 5.10 Å². The number of amides is 1. The lowest BCUT2D eigenvalue weighted by Crippen LogP contribution is -2.15. The zero-order valence-corrected chi connectivity index (χ0v) is 13.0. The Morgan fingerprint density at radius 3 is 2.85 bits per heavy atom. The first kappa shape index (κ1) is 14.5. The number of ether oxygens (including phenoxy) is 1. The number of hydrogen-bond donors (Lipinski definition) is 2. The quantitative estimate of drug-likeness (QED) is 0.898. The van der Waals surface area contributed by atoms with E-state index in [-0.39, 0.29) is 11.7 Å². The predicted octanol–water partition coefficient (Wildman–Crippen LogP) is 2.70. The van der Waals surface area contributed by atoms with Gasteiger partial charge in [-0.05, 0) is 24.6 Å². The van der Waals surface area contributed by atoms with Gasteiger partial charge < -0.3 is 10.1 Å². The van der Waals surface area contributed by atoms with Crippen molar-refractivity contribution in [1.29, 1.82) is 0 Å². The molecule has 106 valence electrons. The van der Waals surface area contributed by atoms with Crippen LogP contribution >= 0.6 is 15.9 Å². The van der Waals surface area contributed by atoms with Crippen molar-refractivity contribution in [3.05, 3.63) is 33.8 Å². The van der Waals surface area contributed by atoms with Gasteiger partial charge in [-0.2, -0.15) is 0 Å². The lowest BCUT2D eigenvalue weighted by atomic mass is 10.2. The fraction of sp³-hybridized carbons (Fsp3) is 0.308. The van der Waals surface area contributed by atoms with Crippen LogP contribution in [0, 0.1) is 6.92 Å². The molecule has 0 atom stereocenters. The first-order valence-electron chi connectivity index (χ1n) is 6.12. The summed E-state index contributed by atoms with van der Waals surface area (Å²) in [6.07, 6.45) is 0.695. The van der Waals surface area contributed by atoms with Gasteiger partial charge in [-0.3, -0.25) is 9.89 Å². The van der Waals surface area contributed by atoms with Crippen molar-refractivity contribution in [3.63, 3.8) is 0 Å². The number of nitrogens with zero attached hydrogens (tertiary/aromatic N) is 2. The number of aromatic nitrogens is 3. The van der Waals surface area contributed by atoms with E-state index in [0.29, 0.717) is 23.7 Å². The van der Waals surface area contributed by atoms with Gasteiger partial charge in [-0.25, -0.2) is 4.98 Å². The minimum Gasteiger partial charge on any atom is -0.495 e. The summed E-state index contributed by atoms with van der Waals surface area (Å²) in [6.45, 7) is 3.82. The molecule has 0 saturated heterocycles. The van der Waals surface area contributed by atoms with E-state index in [1.165, 1.54) is 0 Å². The molecule has 0 fully saturated rings. The zero-order chi connectivity index (χ0) is 14.7. The van der Waals surface area contributed by atoms with E-state index in [0.717, 1.165) is 10.0 Å². The van der Waals surface area contributed by atoms with Gasteiger partial charge >= 0.3 is 0 Å². The van der Waals surface area contributed by atoms with E-state index in [1.54, 1.807) is 13.2 Å². The summed E-state index contributed by atoms with van der Waals surface area (Å²) in [5.74, 6) is 1.00. The molecule has 7 heteroatoms. The Balaban J connectivity index is 2.27. The highest BCUT2D eigenvalue weighted by Gasteiger charge is 2.16. The molecule has 2 aromatic rings. The normalized spacial score (nSPS) is 10.4. The Morgan fingerprint density at radius 1 is 1.50 bits per heavy atom. The third-order valence-corrected chi connectivity index (χ3v) is 3.25. The molecule has 2 N–H and O–H groups in total. The first-order valence-corrected chi connectivity index (χ1v) is 6.91. The molecule has 1 amide bonds. The maximum Gasteiger partial charge on any atom is 0.295 e. The summed E-state index contributed by atoms with van der Waals surface area (Å²) < 4.78 is 6.16. The van der Waals surface area contributed by atoms with E-state index in [4.69, 9.17) is 4.74 Å². The van der Waals surface area contributed by atoms with Gasteiger partial charge in [0.15, 0.2) is 0 Å². The Hall–Kier alpha value is -1.89. The van der Waals surface area contributed by atoms with Crippen LogP contribution in [-0.4, -0.2) is 28.2 Å². The summed E-state index contributed by atoms with van der Waals surface area (Å²) in [6, 6.07) is 3.69. The lowest BCUT2D eigenvalue weighted by molar-refractivity contribution is 0.101. The Morgan fingerprint density at radius 2 is 2.25 bits per heavy atom. The van der Waals surface area contributed by atoms with Crippen molar-refractivity contribution in [3.8, 4) is 5.75 Å². The second-order valence-corrected chi connectivity index (χ2v) is 5.13. The van der Waals surface area contributed by atoms with Crippen molar-refractivity contribution >= 4 is 27.5 Å². The number of halogens is 1. The third kappa shape index (κ3) is 2.98. The van der Waals surface area contributed by atoms with Gasteiger partial charge in [0.05, 0.1) is 12.8 Å². The number of aryl methyl sites for hydroxylation is 2. The van der Waals surface area contributed by atoms with Crippen molar-refractivity contribution in [2.24, 2.45) is 0 Å². The topological polar surface area (TPSA) is 79.9 Å². The van der Waals surface area contributed by atoms with Gasteiger partial charge in [0.25, 0.3) is 5.91 Å². The highest BCUT2D eigenvalue weighted by atomic mass is 79.9. The SMILES string of the molecule is CCc1nc(C(=O)Nc2c(C)cc(Br)cc2OC)n[nH]1. The molecule has 1 aromatic carbocycles. The minimum atomic E-state index is -0.371. The molecule has 0 aliphatic rings. The van der Waals surface area contributed by atoms with Crippen molar-refractivity contribution in [2.45, 2.75) is 20.3 Å². The number of benzene rings is 1. The van der Waals surface area contributed by atoms with Crippen LogP contribution in [0.4, 0.5) is 5.69 Å². The summed E-state index contributed by atoms with van der Waals surface area (Å²) >= 11 is 3.39. The number of anilines is 1. The molecule has 0 aliphatic carbocycles. The number of carbonyl (C=O) groups excluding carboxylic acids is 1. The molecule has 1 heterocycles. The number of aromatic amines is 1. The van der Waals surface area contributed by atoms with Crippen molar-refractivity contribution in [1.82, 2.24) is 15.2 Å². The Kier molecular flexibility index (Phi) is 4.39. The summed E-state index contributed by atoms with van der Waals surface area (Å²) in [5, 5.41) is 9.38. The minimum absolute atomic E-state index is 0.117. The van der Waals surface area contributed by atoms with Crippen LogP contribution in [0.3, 0.4) is 0 Å². The molecule has 0 aliphatic heterocycles. The number of methoxy groups -OCH3 is 1. The Labute approximate surface area is 125 Å². The van der Waals surface area contributed by atoms with Crippen LogP contribution in [-0.2, 0) is 6.42 Å². The molecule has 0 unspecified atom stereocenters. The van der Waals surface area contributed by atoms with Gasteiger partial charge in [0.2, 0.25) is 5.82 Å². The molecular formula is C13H15BrN4O2. The van der Waals surface area contributed by atoms with Gasteiger partial charge in [0, 0.05) is 10.9 Å².